The van der Waals surface area contributed by atoms with Crippen LogP contribution < -0.4 is 4.90 Å². The fourth-order valence-corrected chi connectivity index (χ4v) is 3.93. The fourth-order valence-electron chi connectivity index (χ4n) is 3.93. The summed E-state index contributed by atoms with van der Waals surface area (Å²) >= 11 is 0. The molecule has 1 saturated heterocycles. The Morgan fingerprint density at radius 3 is 2.74 bits per heavy atom. The molecule has 1 aromatic carbocycles. The maximum atomic E-state index is 10.5. The standard InChI is InChI=1S/C24H35N3O4/c1-3-15-30-19-21(28)17-26(14-16-29-2)18-22-23(20-10-6-4-7-11-20)25-31-24(22)27-12-8-5-9-13-27/h3-4,6-7,10-11,21,28H,1,5,8-9,12-19H2,2H3/t21-/m0/s1. The summed E-state index contributed by atoms with van der Waals surface area (Å²) in [5, 5.41) is 14.9. The van der Waals surface area contributed by atoms with Crippen LogP contribution in [0, 0.1) is 0 Å². The molecule has 3 rings (SSSR count). The summed E-state index contributed by atoms with van der Waals surface area (Å²) in [5.41, 5.74) is 2.95. The van der Waals surface area contributed by atoms with Gasteiger partial charge < -0.3 is 24.0 Å². The van der Waals surface area contributed by atoms with Crippen LogP contribution in [0.25, 0.3) is 11.3 Å². The van der Waals surface area contributed by atoms with Gasteiger partial charge in [0.15, 0.2) is 0 Å². The lowest BCUT2D eigenvalue weighted by atomic mass is 10.1. The number of piperidine rings is 1. The molecule has 7 heteroatoms. The molecule has 7 nitrogen and oxygen atoms in total. The Balaban J connectivity index is 1.83. The van der Waals surface area contributed by atoms with E-state index in [0.717, 1.165) is 48.6 Å². The Kier molecular flexibility index (Phi) is 9.55. The zero-order chi connectivity index (χ0) is 21.9. The van der Waals surface area contributed by atoms with E-state index < -0.39 is 6.10 Å². The average Bonchev–Trinajstić information content (AvgIpc) is 3.22. The van der Waals surface area contributed by atoms with Crippen LogP contribution in [0.1, 0.15) is 24.8 Å². The lowest BCUT2D eigenvalue weighted by Crippen LogP contribution is -2.37. The lowest BCUT2D eigenvalue weighted by Gasteiger charge is -2.29. The van der Waals surface area contributed by atoms with Gasteiger partial charge >= 0.3 is 0 Å². The minimum Gasteiger partial charge on any atom is -0.389 e. The zero-order valence-electron chi connectivity index (χ0n) is 18.5. The van der Waals surface area contributed by atoms with Crippen LogP contribution in [0.2, 0.25) is 0 Å². The molecule has 1 aliphatic heterocycles. The van der Waals surface area contributed by atoms with Crippen LogP contribution in [0.3, 0.4) is 0 Å². The number of aliphatic hydroxyl groups excluding tert-OH is 1. The van der Waals surface area contributed by atoms with E-state index in [-0.39, 0.29) is 6.61 Å². The van der Waals surface area contributed by atoms with Gasteiger partial charge in [-0.1, -0.05) is 41.6 Å². The molecule has 1 N–H and O–H groups in total. The molecule has 0 bridgehead atoms. The minimum atomic E-state index is -0.602. The van der Waals surface area contributed by atoms with E-state index in [9.17, 15) is 5.11 Å². The SMILES string of the molecule is C=CCOC[C@@H](O)CN(CCOC)Cc1c(-c2ccccc2)noc1N1CCCCC1. The maximum Gasteiger partial charge on any atom is 0.232 e. The van der Waals surface area contributed by atoms with Crippen molar-refractivity contribution in [2.45, 2.75) is 31.9 Å². The molecule has 1 fully saturated rings. The van der Waals surface area contributed by atoms with Gasteiger partial charge in [0.05, 0.1) is 31.5 Å². The highest BCUT2D eigenvalue weighted by Crippen LogP contribution is 2.33. The zero-order valence-corrected chi connectivity index (χ0v) is 18.5. The summed E-state index contributed by atoms with van der Waals surface area (Å²) in [6, 6.07) is 10.1. The van der Waals surface area contributed by atoms with Crippen LogP contribution in [0.5, 0.6) is 0 Å². The number of hydrogen-bond donors (Lipinski definition) is 1. The van der Waals surface area contributed by atoms with E-state index in [1.165, 1.54) is 6.42 Å². The van der Waals surface area contributed by atoms with Crippen molar-refractivity contribution < 1.29 is 19.1 Å². The Morgan fingerprint density at radius 1 is 1.26 bits per heavy atom. The van der Waals surface area contributed by atoms with Gasteiger partial charge in [-0.2, -0.15) is 0 Å². The molecule has 0 saturated carbocycles. The Bertz CT molecular complexity index is 774. The Morgan fingerprint density at radius 2 is 2.03 bits per heavy atom. The van der Waals surface area contributed by atoms with E-state index in [1.807, 2.05) is 18.2 Å². The smallest absolute Gasteiger partial charge is 0.232 e. The minimum absolute atomic E-state index is 0.268. The van der Waals surface area contributed by atoms with Crippen molar-refractivity contribution in [2.24, 2.45) is 0 Å². The third kappa shape index (κ3) is 6.90. The largest absolute Gasteiger partial charge is 0.389 e. The first-order valence-electron chi connectivity index (χ1n) is 11.1. The van der Waals surface area contributed by atoms with Crippen molar-refractivity contribution in [3.8, 4) is 11.3 Å². The number of benzene rings is 1. The Hall–Kier alpha value is -2.19. The van der Waals surface area contributed by atoms with Gasteiger partial charge in [-0.05, 0) is 19.3 Å². The van der Waals surface area contributed by atoms with Crippen LogP contribution in [0.4, 0.5) is 5.88 Å². The average molecular weight is 430 g/mol. The molecule has 1 aliphatic rings. The van der Waals surface area contributed by atoms with Crippen molar-refractivity contribution in [2.75, 3.05) is 58.0 Å². The molecule has 170 valence electrons. The van der Waals surface area contributed by atoms with Crippen LogP contribution in [-0.4, -0.2) is 74.4 Å². The van der Waals surface area contributed by atoms with E-state index in [4.69, 9.17) is 14.0 Å². The summed E-state index contributed by atoms with van der Waals surface area (Å²) < 4.78 is 16.6. The fraction of sp³-hybridized carbons (Fsp3) is 0.542. The molecule has 0 aliphatic carbocycles. The second kappa shape index (κ2) is 12.6. The van der Waals surface area contributed by atoms with Gasteiger partial charge in [0.2, 0.25) is 5.88 Å². The molecule has 1 atom stereocenters. The lowest BCUT2D eigenvalue weighted by molar-refractivity contribution is 0.0194. The van der Waals surface area contributed by atoms with Gasteiger partial charge in [0, 0.05) is 45.4 Å². The molecule has 0 spiro atoms. The van der Waals surface area contributed by atoms with Crippen molar-refractivity contribution in [3.63, 3.8) is 0 Å². The number of nitrogens with zero attached hydrogens (tertiary/aromatic N) is 3. The van der Waals surface area contributed by atoms with E-state index in [1.54, 1.807) is 13.2 Å². The first-order chi connectivity index (χ1) is 15.2. The molecule has 2 heterocycles. The predicted octanol–water partition coefficient (Wildman–Crippen LogP) is 3.34. The number of aromatic nitrogens is 1. The first-order valence-corrected chi connectivity index (χ1v) is 11.1. The highest BCUT2D eigenvalue weighted by Gasteiger charge is 2.26. The number of hydrogen-bond acceptors (Lipinski definition) is 7. The normalized spacial score (nSPS) is 15.4. The number of rotatable bonds is 13. The highest BCUT2D eigenvalue weighted by molar-refractivity contribution is 5.68. The van der Waals surface area contributed by atoms with E-state index in [0.29, 0.717) is 32.8 Å². The molecule has 2 aromatic rings. The van der Waals surface area contributed by atoms with Crippen molar-refractivity contribution >= 4 is 5.88 Å². The quantitative estimate of drug-likeness (QED) is 0.387. The third-order valence-electron chi connectivity index (χ3n) is 5.47. The molecule has 0 unspecified atom stereocenters. The maximum absolute atomic E-state index is 10.5. The van der Waals surface area contributed by atoms with Gasteiger partial charge in [-0.15, -0.1) is 6.58 Å². The molecule has 0 radical (unpaired) electrons. The predicted molar refractivity (Wildman–Crippen MR) is 122 cm³/mol. The number of methoxy groups -OCH3 is 1. The summed E-state index contributed by atoms with van der Waals surface area (Å²) in [4.78, 5) is 4.48. The van der Waals surface area contributed by atoms with Gasteiger partial charge in [0.1, 0.15) is 5.69 Å². The van der Waals surface area contributed by atoms with Crippen molar-refractivity contribution in [3.05, 3.63) is 48.6 Å². The third-order valence-corrected chi connectivity index (χ3v) is 5.47. The molecule has 0 amide bonds. The molecular weight excluding hydrogens is 394 g/mol. The van der Waals surface area contributed by atoms with E-state index in [2.05, 4.69) is 33.7 Å². The summed E-state index contributed by atoms with van der Waals surface area (Å²) in [5.74, 6) is 0.846. The summed E-state index contributed by atoms with van der Waals surface area (Å²) in [7, 11) is 1.69. The number of ether oxygens (including phenoxy) is 2. The molecule has 1 aromatic heterocycles. The van der Waals surface area contributed by atoms with E-state index >= 15 is 0 Å². The molecular formula is C24H35N3O4. The summed E-state index contributed by atoms with van der Waals surface area (Å²) in [6.45, 7) is 8.65. The van der Waals surface area contributed by atoms with Crippen LogP contribution >= 0.6 is 0 Å². The first kappa shape index (κ1) is 23.5. The highest BCUT2D eigenvalue weighted by atomic mass is 16.5. The monoisotopic (exact) mass is 429 g/mol. The van der Waals surface area contributed by atoms with Crippen LogP contribution in [-0.2, 0) is 16.0 Å². The number of anilines is 1. The topological polar surface area (TPSA) is 71.2 Å². The van der Waals surface area contributed by atoms with Crippen molar-refractivity contribution in [1.82, 2.24) is 10.1 Å². The van der Waals surface area contributed by atoms with Gasteiger partial charge in [0.25, 0.3) is 0 Å². The summed E-state index contributed by atoms with van der Waals surface area (Å²) in [6.07, 6.45) is 4.66. The molecule has 31 heavy (non-hydrogen) atoms. The van der Waals surface area contributed by atoms with Gasteiger partial charge in [-0.25, -0.2) is 0 Å². The second-order valence-corrected chi connectivity index (χ2v) is 7.94. The number of aliphatic hydroxyl groups is 1. The Labute approximate surface area is 185 Å². The van der Waals surface area contributed by atoms with Gasteiger partial charge in [-0.3, -0.25) is 4.90 Å². The second-order valence-electron chi connectivity index (χ2n) is 7.94. The van der Waals surface area contributed by atoms with Crippen molar-refractivity contribution in [1.29, 1.82) is 0 Å². The van der Waals surface area contributed by atoms with Crippen LogP contribution in [0.15, 0.2) is 47.5 Å².